The van der Waals surface area contributed by atoms with Gasteiger partial charge in [0, 0.05) is 18.6 Å². The van der Waals surface area contributed by atoms with E-state index < -0.39 is 5.54 Å². The van der Waals surface area contributed by atoms with Crippen LogP contribution in [0.2, 0.25) is 0 Å². The van der Waals surface area contributed by atoms with Crippen molar-refractivity contribution in [1.29, 1.82) is 0 Å². The molecule has 0 spiro atoms. The van der Waals surface area contributed by atoms with Crippen LogP contribution in [0.3, 0.4) is 0 Å². The second-order valence-electron chi connectivity index (χ2n) is 4.18. The highest BCUT2D eigenvalue weighted by atomic mass is 16.3. The molecule has 0 saturated carbocycles. The third-order valence-electron chi connectivity index (χ3n) is 3.01. The van der Waals surface area contributed by atoms with Crippen molar-refractivity contribution in [1.82, 2.24) is 16.0 Å². The number of amides is 2. The molecule has 0 radical (unpaired) electrons. The van der Waals surface area contributed by atoms with Crippen LogP contribution in [0.15, 0.2) is 25.3 Å². The lowest BCUT2D eigenvalue weighted by Crippen LogP contribution is -2.50. The van der Waals surface area contributed by atoms with Crippen molar-refractivity contribution in [2.75, 3.05) is 26.7 Å². The number of hydrogen-bond donors (Lipinski definition) is 4. The lowest BCUT2D eigenvalue weighted by molar-refractivity contribution is -0.117. The van der Waals surface area contributed by atoms with Gasteiger partial charge in [-0.25, -0.2) is 0 Å². The van der Waals surface area contributed by atoms with Crippen molar-refractivity contribution >= 4 is 11.8 Å². The molecule has 0 aromatic carbocycles. The summed E-state index contributed by atoms with van der Waals surface area (Å²) >= 11 is 0. The Morgan fingerprint density at radius 1 is 1.11 bits per heavy atom. The Balaban J connectivity index is 4.24. The molecule has 0 fully saturated rings. The minimum atomic E-state index is -0.539. The summed E-state index contributed by atoms with van der Waals surface area (Å²) in [6, 6.07) is 0. The number of likely N-dealkylation sites (N-methyl/N-ethyl adjacent to an activating group) is 1. The first-order chi connectivity index (χ1) is 9.03. The maximum atomic E-state index is 11.0. The number of aliphatic hydroxyl groups is 1. The summed E-state index contributed by atoms with van der Waals surface area (Å²) in [6.07, 6.45) is 3.49. The van der Waals surface area contributed by atoms with Gasteiger partial charge in [-0.05, 0) is 32.0 Å². The summed E-state index contributed by atoms with van der Waals surface area (Å²) in [5, 5.41) is 17.8. The monoisotopic (exact) mass is 269 g/mol. The quantitative estimate of drug-likeness (QED) is 0.396. The predicted molar refractivity (Wildman–Crippen MR) is 74.5 cm³/mol. The van der Waals surface area contributed by atoms with E-state index in [-0.39, 0.29) is 18.4 Å². The lowest BCUT2D eigenvalue weighted by Gasteiger charge is -2.31. The molecule has 0 aliphatic rings. The average Bonchev–Trinajstić information content (AvgIpc) is 2.45. The highest BCUT2D eigenvalue weighted by Crippen LogP contribution is 2.13. The summed E-state index contributed by atoms with van der Waals surface area (Å²) in [4.78, 5) is 22.1. The number of carbonyl (C=O) groups excluding carboxylic acids is 2. The van der Waals surface area contributed by atoms with E-state index >= 15 is 0 Å². The smallest absolute Gasteiger partial charge is 0.243 e. The summed E-state index contributed by atoms with van der Waals surface area (Å²) in [7, 11) is 1.74. The molecule has 0 aliphatic heterocycles. The summed E-state index contributed by atoms with van der Waals surface area (Å²) in [5.41, 5.74) is -0.539. The third-order valence-corrected chi connectivity index (χ3v) is 3.01. The van der Waals surface area contributed by atoms with Gasteiger partial charge in [-0.15, -0.1) is 0 Å². The van der Waals surface area contributed by atoms with Crippen LogP contribution in [-0.2, 0) is 9.59 Å². The molecule has 0 heterocycles. The zero-order chi connectivity index (χ0) is 14.7. The van der Waals surface area contributed by atoms with Gasteiger partial charge in [-0.1, -0.05) is 13.2 Å². The van der Waals surface area contributed by atoms with Crippen LogP contribution in [0, 0.1) is 0 Å². The molecule has 0 saturated heterocycles. The van der Waals surface area contributed by atoms with Gasteiger partial charge in [-0.2, -0.15) is 0 Å². The number of hydrogen-bond acceptors (Lipinski definition) is 4. The van der Waals surface area contributed by atoms with Crippen LogP contribution in [0.5, 0.6) is 0 Å². The maximum absolute atomic E-state index is 11.0. The van der Waals surface area contributed by atoms with Crippen LogP contribution in [-0.4, -0.2) is 49.2 Å². The second kappa shape index (κ2) is 9.29. The summed E-state index contributed by atoms with van der Waals surface area (Å²) in [5.74, 6) is -0.495. The molecule has 19 heavy (non-hydrogen) atoms. The Morgan fingerprint density at radius 2 is 1.53 bits per heavy atom. The zero-order valence-electron chi connectivity index (χ0n) is 11.4. The van der Waals surface area contributed by atoms with Gasteiger partial charge in [0.1, 0.15) is 0 Å². The van der Waals surface area contributed by atoms with Gasteiger partial charge < -0.3 is 21.1 Å². The number of carbonyl (C=O) groups is 2. The van der Waals surface area contributed by atoms with E-state index in [0.717, 1.165) is 0 Å². The largest absolute Gasteiger partial charge is 0.394 e. The molecule has 0 aromatic heterocycles. The molecule has 0 aromatic rings. The molecular weight excluding hydrogens is 246 g/mol. The van der Waals surface area contributed by atoms with Crippen molar-refractivity contribution in [3.63, 3.8) is 0 Å². The molecule has 0 rings (SSSR count). The van der Waals surface area contributed by atoms with Crippen LogP contribution < -0.4 is 16.0 Å². The fraction of sp³-hybridized carbons (Fsp3) is 0.538. The third kappa shape index (κ3) is 6.73. The Bertz CT molecular complexity index is 297. The number of rotatable bonds is 10. The fourth-order valence-electron chi connectivity index (χ4n) is 1.61. The minimum absolute atomic E-state index is 0.0859. The Morgan fingerprint density at radius 3 is 1.79 bits per heavy atom. The predicted octanol–water partition coefficient (Wildman–Crippen LogP) is -0.678. The topological polar surface area (TPSA) is 90.5 Å². The Labute approximate surface area is 114 Å². The average molecular weight is 269 g/mol. The van der Waals surface area contributed by atoms with Gasteiger partial charge in [0.2, 0.25) is 11.8 Å². The van der Waals surface area contributed by atoms with Crippen LogP contribution in [0.25, 0.3) is 0 Å². The van der Waals surface area contributed by atoms with E-state index in [0.29, 0.717) is 25.9 Å². The van der Waals surface area contributed by atoms with E-state index in [1.54, 1.807) is 7.05 Å². The van der Waals surface area contributed by atoms with Crippen LogP contribution >= 0.6 is 0 Å². The molecule has 4 N–H and O–H groups in total. The molecule has 2 amide bonds. The maximum Gasteiger partial charge on any atom is 0.243 e. The summed E-state index contributed by atoms with van der Waals surface area (Å²) < 4.78 is 0. The van der Waals surface area contributed by atoms with Gasteiger partial charge in [0.05, 0.1) is 6.61 Å². The van der Waals surface area contributed by atoms with E-state index in [9.17, 15) is 14.7 Å². The Kier molecular flexibility index (Phi) is 8.48. The molecule has 6 heteroatoms. The highest BCUT2D eigenvalue weighted by molar-refractivity contribution is 5.87. The first-order valence-corrected chi connectivity index (χ1v) is 6.14. The zero-order valence-corrected chi connectivity index (χ0v) is 11.4. The van der Waals surface area contributed by atoms with Crippen molar-refractivity contribution in [3.05, 3.63) is 25.3 Å². The molecule has 0 aliphatic carbocycles. The van der Waals surface area contributed by atoms with Gasteiger partial charge >= 0.3 is 0 Å². The van der Waals surface area contributed by atoms with Gasteiger partial charge in [0.25, 0.3) is 0 Å². The highest BCUT2D eigenvalue weighted by Gasteiger charge is 2.26. The molecule has 108 valence electrons. The fourth-order valence-corrected chi connectivity index (χ4v) is 1.61. The van der Waals surface area contributed by atoms with Gasteiger partial charge in [0.15, 0.2) is 0 Å². The SMILES string of the molecule is C=CC(=O)NCCC(CO)(CCNC(=O)C=C)NC. The van der Waals surface area contributed by atoms with E-state index in [1.165, 1.54) is 12.2 Å². The van der Waals surface area contributed by atoms with Crippen molar-refractivity contribution in [2.24, 2.45) is 0 Å². The lowest BCUT2D eigenvalue weighted by atomic mass is 9.92. The Hall–Kier alpha value is -1.66. The summed E-state index contributed by atoms with van der Waals surface area (Å²) in [6.45, 7) is 7.47. The van der Waals surface area contributed by atoms with Crippen molar-refractivity contribution in [2.45, 2.75) is 18.4 Å². The second-order valence-corrected chi connectivity index (χ2v) is 4.18. The van der Waals surface area contributed by atoms with Crippen LogP contribution in [0.1, 0.15) is 12.8 Å². The van der Waals surface area contributed by atoms with E-state index in [4.69, 9.17) is 0 Å². The standard InChI is InChI=1S/C13H23N3O3/c1-4-11(18)15-8-6-13(10-17,14-3)7-9-16-12(19)5-2/h4-5,14,17H,1-2,6-10H2,3H3,(H,15,18)(H,16,19). The normalized spacial score (nSPS) is 10.6. The molecule has 0 unspecified atom stereocenters. The number of nitrogens with one attached hydrogen (secondary N) is 3. The van der Waals surface area contributed by atoms with E-state index in [1.807, 2.05) is 0 Å². The van der Waals surface area contributed by atoms with E-state index in [2.05, 4.69) is 29.1 Å². The van der Waals surface area contributed by atoms with Crippen molar-refractivity contribution in [3.8, 4) is 0 Å². The first kappa shape index (κ1) is 17.3. The molecule has 0 bridgehead atoms. The van der Waals surface area contributed by atoms with Gasteiger partial charge in [-0.3, -0.25) is 9.59 Å². The van der Waals surface area contributed by atoms with Crippen LogP contribution in [0.4, 0.5) is 0 Å². The van der Waals surface area contributed by atoms with Crippen molar-refractivity contribution < 1.29 is 14.7 Å². The molecular formula is C13H23N3O3. The molecule has 6 nitrogen and oxygen atoms in total. The minimum Gasteiger partial charge on any atom is -0.394 e. The first-order valence-electron chi connectivity index (χ1n) is 6.14. The number of aliphatic hydroxyl groups excluding tert-OH is 1. The molecule has 0 atom stereocenters.